The molecule has 95 valence electrons. The van der Waals surface area contributed by atoms with Gasteiger partial charge in [0, 0.05) is 23.8 Å². The van der Waals surface area contributed by atoms with Crippen molar-refractivity contribution in [3.05, 3.63) is 48.9 Å². The summed E-state index contributed by atoms with van der Waals surface area (Å²) in [5.41, 5.74) is 2.49. The molecule has 0 aliphatic carbocycles. The van der Waals surface area contributed by atoms with E-state index in [2.05, 4.69) is 36.7 Å². The van der Waals surface area contributed by atoms with Crippen molar-refractivity contribution in [3.8, 4) is 17.2 Å². The summed E-state index contributed by atoms with van der Waals surface area (Å²) in [5, 5.41) is 14.6. The van der Waals surface area contributed by atoms with E-state index in [0.717, 1.165) is 16.7 Å². The molecule has 0 unspecified atom stereocenters. The van der Waals surface area contributed by atoms with E-state index in [1.165, 1.54) is 0 Å². The van der Waals surface area contributed by atoms with Gasteiger partial charge in [-0.3, -0.25) is 9.55 Å². The molecule has 1 N–H and O–H groups in total. The molecule has 7 nitrogen and oxygen atoms in total. The predicted molar refractivity (Wildman–Crippen MR) is 70.9 cm³/mol. The molecule has 0 aliphatic heterocycles. The van der Waals surface area contributed by atoms with Crippen molar-refractivity contribution in [1.29, 1.82) is 0 Å². The number of aromatic amines is 1. The van der Waals surface area contributed by atoms with E-state index in [0.29, 0.717) is 11.5 Å². The number of fused-ring (bicyclic) bond motifs is 1. The highest BCUT2D eigenvalue weighted by Crippen LogP contribution is 2.19. The summed E-state index contributed by atoms with van der Waals surface area (Å²) >= 11 is 0. The molecule has 0 atom stereocenters. The Morgan fingerprint density at radius 1 is 1.15 bits per heavy atom. The number of hydrogen-bond acceptors (Lipinski definition) is 5. The van der Waals surface area contributed by atoms with Crippen LogP contribution in [0.4, 0.5) is 0 Å². The van der Waals surface area contributed by atoms with Gasteiger partial charge in [0.25, 0.3) is 0 Å². The number of hydrogen-bond donors (Lipinski definition) is 1. The average Bonchev–Trinajstić information content (AvgIpc) is 3.17. The van der Waals surface area contributed by atoms with Crippen LogP contribution in [-0.2, 0) is 0 Å². The largest absolute Gasteiger partial charge is 0.300 e. The van der Waals surface area contributed by atoms with E-state index in [9.17, 15) is 0 Å². The Balaban J connectivity index is 1.79. The summed E-state index contributed by atoms with van der Waals surface area (Å²) in [5.74, 6) is 0.543. The zero-order chi connectivity index (χ0) is 13.4. The first-order chi connectivity index (χ1) is 9.92. The summed E-state index contributed by atoms with van der Waals surface area (Å²) in [6, 6.07) is 10.7. The van der Waals surface area contributed by atoms with Gasteiger partial charge in [0.05, 0.1) is 11.9 Å². The maximum Gasteiger partial charge on any atom is 0.198 e. The lowest BCUT2D eigenvalue weighted by Gasteiger charge is -2.04. The van der Waals surface area contributed by atoms with Gasteiger partial charge in [0.15, 0.2) is 5.82 Å². The van der Waals surface area contributed by atoms with Gasteiger partial charge < -0.3 is 0 Å². The first kappa shape index (κ1) is 10.8. The maximum absolute atomic E-state index is 4.35. The number of H-pyrrole nitrogens is 1. The van der Waals surface area contributed by atoms with Crippen molar-refractivity contribution in [2.45, 2.75) is 0 Å². The molecule has 0 spiro atoms. The summed E-state index contributed by atoms with van der Waals surface area (Å²) in [4.78, 5) is 8.68. The van der Waals surface area contributed by atoms with Crippen LogP contribution in [0.3, 0.4) is 0 Å². The third-order valence-corrected chi connectivity index (χ3v) is 3.00. The van der Waals surface area contributed by atoms with E-state index in [4.69, 9.17) is 0 Å². The van der Waals surface area contributed by atoms with E-state index in [1.54, 1.807) is 12.4 Å². The van der Waals surface area contributed by atoms with Crippen LogP contribution in [0, 0.1) is 6.07 Å². The third-order valence-electron chi connectivity index (χ3n) is 3.00. The number of tetrazole rings is 1. The van der Waals surface area contributed by atoms with Crippen LogP contribution >= 0.6 is 0 Å². The molecule has 4 heterocycles. The molecule has 0 fully saturated rings. The van der Waals surface area contributed by atoms with Gasteiger partial charge >= 0.3 is 0 Å². The molecule has 0 aliphatic rings. The molecule has 0 aromatic carbocycles. The van der Waals surface area contributed by atoms with Crippen molar-refractivity contribution in [2.24, 2.45) is 0 Å². The van der Waals surface area contributed by atoms with Crippen molar-refractivity contribution >= 4 is 11.0 Å². The molecule has 0 saturated heterocycles. The summed E-state index contributed by atoms with van der Waals surface area (Å²) in [6.45, 7) is 0. The van der Waals surface area contributed by atoms with Gasteiger partial charge in [-0.25, -0.2) is 10.1 Å². The summed E-state index contributed by atoms with van der Waals surface area (Å²) in [6.07, 6.45) is 5.37. The highest BCUT2D eigenvalue weighted by Gasteiger charge is 2.06. The van der Waals surface area contributed by atoms with Crippen LogP contribution in [0.25, 0.3) is 28.2 Å². The number of aromatic nitrogens is 7. The Hall–Kier alpha value is -3.09. The summed E-state index contributed by atoms with van der Waals surface area (Å²) in [7, 11) is 0. The van der Waals surface area contributed by atoms with Gasteiger partial charge in [0.2, 0.25) is 0 Å². The number of pyridine rings is 2. The lowest BCUT2D eigenvalue weighted by atomic mass is 10.3. The zero-order valence-corrected chi connectivity index (χ0v) is 10.2. The molecule has 0 saturated carbocycles. The van der Waals surface area contributed by atoms with Crippen molar-refractivity contribution in [3.63, 3.8) is 0 Å². The Bertz CT molecular complexity index is 846. The second-order valence-electron chi connectivity index (χ2n) is 4.19. The lowest BCUT2D eigenvalue weighted by Crippen LogP contribution is -1.95. The van der Waals surface area contributed by atoms with Crippen LogP contribution < -0.4 is 0 Å². The van der Waals surface area contributed by atoms with Gasteiger partial charge in [-0.1, -0.05) is 0 Å². The maximum atomic E-state index is 4.35. The van der Waals surface area contributed by atoms with Crippen LogP contribution in [0.5, 0.6) is 0 Å². The van der Waals surface area contributed by atoms with E-state index < -0.39 is 0 Å². The second-order valence-corrected chi connectivity index (χ2v) is 4.19. The van der Waals surface area contributed by atoms with Crippen LogP contribution in [0.2, 0.25) is 0 Å². The molecule has 4 aromatic rings. The van der Waals surface area contributed by atoms with Crippen molar-refractivity contribution in [1.82, 2.24) is 35.2 Å². The molecule has 1 radical (unpaired) electrons. The average molecular weight is 262 g/mol. The molecule has 4 rings (SSSR count). The predicted octanol–water partition coefficient (Wildman–Crippen LogP) is 1.40. The minimum atomic E-state index is 0.543. The number of nitrogens with one attached hydrogen (secondary N) is 1. The topological polar surface area (TPSA) is 85.2 Å². The molecule has 0 bridgehead atoms. The highest BCUT2D eigenvalue weighted by atomic mass is 15.5. The fraction of sp³-hybridized carbons (Fsp3) is 0. The Kier molecular flexibility index (Phi) is 2.28. The fourth-order valence-corrected chi connectivity index (χ4v) is 2.06. The van der Waals surface area contributed by atoms with E-state index in [-0.39, 0.29) is 0 Å². The normalized spacial score (nSPS) is 11.0. The Labute approximate surface area is 113 Å². The molecular formula is C13H8N7. The molecule has 20 heavy (non-hydrogen) atoms. The van der Waals surface area contributed by atoms with E-state index >= 15 is 0 Å². The highest BCUT2D eigenvalue weighted by molar-refractivity contribution is 5.77. The molecule has 7 heteroatoms. The first-order valence-corrected chi connectivity index (χ1v) is 5.95. The smallest absolute Gasteiger partial charge is 0.198 e. The van der Waals surface area contributed by atoms with Crippen LogP contribution in [0.15, 0.2) is 42.9 Å². The van der Waals surface area contributed by atoms with Crippen LogP contribution in [0.1, 0.15) is 0 Å². The number of nitrogens with zero attached hydrogens (tertiary/aromatic N) is 6. The molecule has 0 amide bonds. The summed E-state index contributed by atoms with van der Waals surface area (Å²) < 4.78 is 1.97. The van der Waals surface area contributed by atoms with Gasteiger partial charge in [0.1, 0.15) is 11.3 Å². The Morgan fingerprint density at radius 2 is 2.15 bits per heavy atom. The Morgan fingerprint density at radius 3 is 2.95 bits per heavy atom. The monoisotopic (exact) mass is 262 g/mol. The second kappa shape index (κ2) is 4.23. The van der Waals surface area contributed by atoms with Crippen LogP contribution in [-0.4, -0.2) is 35.2 Å². The third kappa shape index (κ3) is 1.64. The first-order valence-electron chi connectivity index (χ1n) is 5.95. The standard InChI is InChI=1S/C13H8N7/c1-2-9-5-7-20(13(9)14-6-1)10-3-4-11(15-8-10)12-16-18-19-17-12/h2-8H,(H,16,17,18,19). The fourth-order valence-electron chi connectivity index (χ4n) is 2.06. The minimum absolute atomic E-state index is 0.543. The van der Waals surface area contributed by atoms with Gasteiger partial charge in [-0.2, -0.15) is 0 Å². The molecule has 4 aromatic heterocycles. The SMILES string of the molecule is [c]1cnc2c(c1)ccn2-c1ccc(-c2nnn[nH]2)nc1. The quantitative estimate of drug-likeness (QED) is 0.590. The van der Waals surface area contributed by atoms with Crippen molar-refractivity contribution in [2.75, 3.05) is 0 Å². The van der Waals surface area contributed by atoms with Gasteiger partial charge in [-0.05, 0) is 34.7 Å². The van der Waals surface area contributed by atoms with Gasteiger partial charge in [-0.15, -0.1) is 5.10 Å². The van der Waals surface area contributed by atoms with Crippen molar-refractivity contribution < 1.29 is 0 Å². The molecular weight excluding hydrogens is 254 g/mol. The zero-order valence-electron chi connectivity index (χ0n) is 10.2. The lowest BCUT2D eigenvalue weighted by molar-refractivity contribution is 0.881. The van der Waals surface area contributed by atoms with E-state index in [1.807, 2.05) is 35.0 Å². The number of rotatable bonds is 2. The minimum Gasteiger partial charge on any atom is -0.300 e.